The summed E-state index contributed by atoms with van der Waals surface area (Å²) >= 11 is 0. The summed E-state index contributed by atoms with van der Waals surface area (Å²) in [5.41, 5.74) is 0.198. The van der Waals surface area contributed by atoms with Crippen molar-refractivity contribution in [1.82, 2.24) is 0 Å². The SMILES string of the molecule is C=C1C[C@@]23C=CC(=O)[C@@](C)(CCC(=O)OC)[C@@H]2C[C@@H]1C[C@H]3O. The minimum Gasteiger partial charge on any atom is -0.469 e. The lowest BCUT2D eigenvalue weighted by Gasteiger charge is -2.61. The van der Waals surface area contributed by atoms with Crippen LogP contribution in [-0.4, -0.2) is 30.1 Å². The fourth-order valence-corrected chi connectivity index (χ4v) is 4.93. The Morgan fingerprint density at radius 3 is 2.91 bits per heavy atom. The molecule has 4 rings (SSSR count). The Bertz CT molecular complexity index is 563. The zero-order valence-corrected chi connectivity index (χ0v) is 13.3. The largest absolute Gasteiger partial charge is 0.469 e. The number of esters is 1. The zero-order valence-electron chi connectivity index (χ0n) is 13.3. The van der Waals surface area contributed by atoms with Crippen LogP contribution in [0.1, 0.15) is 39.0 Å². The van der Waals surface area contributed by atoms with Crippen LogP contribution in [0.2, 0.25) is 0 Å². The predicted octanol–water partition coefficient (Wildman–Crippen LogP) is 2.42. The molecule has 2 bridgehead atoms. The Kier molecular flexibility index (Phi) is 3.55. The average Bonchev–Trinajstić information content (AvgIpc) is 2.50. The van der Waals surface area contributed by atoms with Crippen LogP contribution in [0.3, 0.4) is 0 Å². The average molecular weight is 304 g/mol. The molecule has 0 aromatic heterocycles. The van der Waals surface area contributed by atoms with Crippen LogP contribution in [-0.2, 0) is 14.3 Å². The molecule has 5 atom stereocenters. The molecule has 0 aromatic carbocycles. The van der Waals surface area contributed by atoms with Gasteiger partial charge in [-0.15, -0.1) is 0 Å². The van der Waals surface area contributed by atoms with E-state index in [1.165, 1.54) is 12.7 Å². The summed E-state index contributed by atoms with van der Waals surface area (Å²) in [6, 6.07) is 0. The molecular formula is C18H24O4. The van der Waals surface area contributed by atoms with Crippen molar-refractivity contribution < 1.29 is 19.4 Å². The molecule has 4 aliphatic carbocycles. The number of carbonyl (C=O) groups excluding carboxylic acids is 2. The number of carbonyl (C=O) groups is 2. The van der Waals surface area contributed by atoms with Crippen LogP contribution in [0, 0.1) is 22.7 Å². The Morgan fingerprint density at radius 1 is 1.50 bits per heavy atom. The third-order valence-corrected chi connectivity index (χ3v) is 6.36. The number of fused-ring (bicyclic) bond motifs is 2. The first-order chi connectivity index (χ1) is 10.3. The molecule has 1 spiro atoms. The maximum atomic E-state index is 12.6. The van der Waals surface area contributed by atoms with Gasteiger partial charge in [-0.05, 0) is 43.6 Å². The highest BCUT2D eigenvalue weighted by Gasteiger charge is 2.61. The molecule has 120 valence electrons. The molecule has 0 amide bonds. The van der Waals surface area contributed by atoms with E-state index >= 15 is 0 Å². The summed E-state index contributed by atoms with van der Waals surface area (Å²) < 4.78 is 4.72. The quantitative estimate of drug-likeness (QED) is 0.642. The lowest BCUT2D eigenvalue weighted by molar-refractivity contribution is -0.151. The van der Waals surface area contributed by atoms with E-state index in [0.29, 0.717) is 12.3 Å². The first-order valence-electron chi connectivity index (χ1n) is 7.99. The van der Waals surface area contributed by atoms with E-state index in [4.69, 9.17) is 4.74 Å². The van der Waals surface area contributed by atoms with Gasteiger partial charge in [-0.3, -0.25) is 9.59 Å². The van der Waals surface area contributed by atoms with Crippen molar-refractivity contribution in [2.45, 2.75) is 45.1 Å². The van der Waals surface area contributed by atoms with Gasteiger partial charge in [-0.25, -0.2) is 0 Å². The van der Waals surface area contributed by atoms with Gasteiger partial charge in [0.15, 0.2) is 5.78 Å². The number of allylic oxidation sites excluding steroid dienone is 2. The van der Waals surface area contributed by atoms with E-state index in [2.05, 4.69) is 6.58 Å². The van der Waals surface area contributed by atoms with Gasteiger partial charge in [-0.1, -0.05) is 25.2 Å². The number of methoxy groups -OCH3 is 1. The highest BCUT2D eigenvalue weighted by Crippen LogP contribution is 2.64. The highest BCUT2D eigenvalue weighted by molar-refractivity contribution is 5.96. The number of ketones is 1. The van der Waals surface area contributed by atoms with Crippen LogP contribution in [0.5, 0.6) is 0 Å². The van der Waals surface area contributed by atoms with Crippen LogP contribution in [0.25, 0.3) is 0 Å². The van der Waals surface area contributed by atoms with Gasteiger partial charge >= 0.3 is 5.97 Å². The minimum absolute atomic E-state index is 0.0670. The van der Waals surface area contributed by atoms with Gasteiger partial charge < -0.3 is 9.84 Å². The second kappa shape index (κ2) is 5.05. The smallest absolute Gasteiger partial charge is 0.305 e. The number of aliphatic hydroxyl groups excluding tert-OH is 1. The second-order valence-corrected chi connectivity index (χ2v) is 7.38. The van der Waals surface area contributed by atoms with E-state index in [9.17, 15) is 14.7 Å². The molecule has 0 unspecified atom stereocenters. The summed E-state index contributed by atoms with van der Waals surface area (Å²) in [4.78, 5) is 24.1. The Balaban J connectivity index is 1.96. The summed E-state index contributed by atoms with van der Waals surface area (Å²) in [5, 5.41) is 10.6. The molecule has 4 heteroatoms. The van der Waals surface area contributed by atoms with Gasteiger partial charge in [0.1, 0.15) is 0 Å². The minimum atomic E-state index is -0.608. The van der Waals surface area contributed by atoms with Crippen LogP contribution >= 0.6 is 0 Å². The molecule has 4 nitrogen and oxygen atoms in total. The molecule has 0 aliphatic heterocycles. The fourth-order valence-electron chi connectivity index (χ4n) is 4.93. The molecule has 3 fully saturated rings. The fraction of sp³-hybridized carbons (Fsp3) is 0.667. The first-order valence-corrected chi connectivity index (χ1v) is 7.99. The summed E-state index contributed by atoms with van der Waals surface area (Å²) in [7, 11) is 1.37. The third kappa shape index (κ3) is 2.00. The second-order valence-electron chi connectivity index (χ2n) is 7.38. The maximum absolute atomic E-state index is 12.6. The van der Waals surface area contributed by atoms with Crippen molar-refractivity contribution in [3.8, 4) is 0 Å². The van der Waals surface area contributed by atoms with E-state index in [0.717, 1.165) is 19.3 Å². The lowest BCUT2D eigenvalue weighted by atomic mass is 9.43. The Morgan fingerprint density at radius 2 is 2.23 bits per heavy atom. The van der Waals surface area contributed by atoms with Gasteiger partial charge in [0, 0.05) is 17.3 Å². The van der Waals surface area contributed by atoms with Crippen molar-refractivity contribution in [2.24, 2.45) is 22.7 Å². The topological polar surface area (TPSA) is 63.6 Å². The maximum Gasteiger partial charge on any atom is 0.305 e. The Hall–Kier alpha value is -1.42. The molecular weight excluding hydrogens is 280 g/mol. The summed E-state index contributed by atoms with van der Waals surface area (Å²) in [6.45, 7) is 6.12. The zero-order chi connectivity index (χ0) is 16.1. The molecule has 3 saturated carbocycles. The number of ether oxygens (including phenoxy) is 1. The van der Waals surface area contributed by atoms with Crippen molar-refractivity contribution >= 4 is 11.8 Å². The molecule has 4 aliphatic rings. The summed E-state index contributed by atoms with van der Waals surface area (Å²) in [6.07, 6.45) is 6.19. The predicted molar refractivity (Wildman–Crippen MR) is 81.9 cm³/mol. The van der Waals surface area contributed by atoms with Gasteiger partial charge in [0.2, 0.25) is 0 Å². The highest BCUT2D eigenvalue weighted by atomic mass is 16.5. The van der Waals surface area contributed by atoms with Crippen molar-refractivity contribution in [3.63, 3.8) is 0 Å². The van der Waals surface area contributed by atoms with E-state index < -0.39 is 11.5 Å². The van der Waals surface area contributed by atoms with Crippen molar-refractivity contribution in [2.75, 3.05) is 7.11 Å². The van der Waals surface area contributed by atoms with Crippen LogP contribution in [0.4, 0.5) is 0 Å². The van der Waals surface area contributed by atoms with Gasteiger partial charge in [0.05, 0.1) is 13.2 Å². The van der Waals surface area contributed by atoms with Crippen molar-refractivity contribution in [1.29, 1.82) is 0 Å². The number of aliphatic hydroxyl groups is 1. The number of hydrogen-bond acceptors (Lipinski definition) is 4. The monoisotopic (exact) mass is 304 g/mol. The Labute approximate surface area is 131 Å². The van der Waals surface area contributed by atoms with E-state index in [-0.39, 0.29) is 29.5 Å². The molecule has 22 heavy (non-hydrogen) atoms. The summed E-state index contributed by atoms with van der Waals surface area (Å²) in [5.74, 6) is 0.140. The van der Waals surface area contributed by atoms with Gasteiger partial charge in [0.25, 0.3) is 0 Å². The molecule has 0 radical (unpaired) electrons. The molecule has 0 aromatic rings. The normalized spacial score (nSPS) is 43.1. The van der Waals surface area contributed by atoms with Gasteiger partial charge in [-0.2, -0.15) is 0 Å². The number of hydrogen-bond donors (Lipinski definition) is 1. The van der Waals surface area contributed by atoms with Crippen LogP contribution in [0.15, 0.2) is 24.3 Å². The number of rotatable bonds is 3. The van der Waals surface area contributed by atoms with E-state index in [1.54, 1.807) is 6.08 Å². The first kappa shape index (κ1) is 15.5. The molecule has 0 saturated heterocycles. The van der Waals surface area contributed by atoms with Crippen LogP contribution < -0.4 is 0 Å². The van der Waals surface area contributed by atoms with E-state index in [1.807, 2.05) is 13.0 Å². The molecule has 0 heterocycles. The standard InChI is InChI=1S/C18H24O4/c1-11-10-18-7-4-14(19)17(2,6-5-16(21)22-3)13(18)8-12(11)9-15(18)20/h4,7,12-13,15,20H,1,5-6,8-10H2,2-3H3/t12-,13+,15-,17+,18+/m1/s1. The lowest BCUT2D eigenvalue weighted by Crippen LogP contribution is -2.59. The third-order valence-electron chi connectivity index (χ3n) is 6.36. The molecule has 1 N–H and O–H groups in total. The van der Waals surface area contributed by atoms with Crippen molar-refractivity contribution in [3.05, 3.63) is 24.3 Å².